The van der Waals surface area contributed by atoms with Gasteiger partial charge in [0.15, 0.2) is 6.61 Å². The Kier molecular flexibility index (Phi) is 6.21. The van der Waals surface area contributed by atoms with Crippen LogP contribution in [-0.4, -0.2) is 35.7 Å². The van der Waals surface area contributed by atoms with Crippen molar-refractivity contribution < 1.29 is 24.0 Å². The van der Waals surface area contributed by atoms with E-state index in [0.717, 1.165) is 10.8 Å². The molecule has 0 saturated heterocycles. The third kappa shape index (κ3) is 4.96. The first-order chi connectivity index (χ1) is 13.8. The van der Waals surface area contributed by atoms with E-state index in [9.17, 15) is 24.5 Å². The average molecular weight is 398 g/mol. The van der Waals surface area contributed by atoms with Crippen LogP contribution < -0.4 is 5.32 Å². The second kappa shape index (κ2) is 8.81. The van der Waals surface area contributed by atoms with E-state index in [2.05, 4.69) is 5.32 Å². The van der Waals surface area contributed by atoms with Crippen LogP contribution in [0.2, 0.25) is 0 Å². The molecular formula is C21H22N2O6. The molecule has 1 aliphatic carbocycles. The maximum absolute atomic E-state index is 12.2. The lowest BCUT2D eigenvalue weighted by atomic mass is 9.88. The van der Waals surface area contributed by atoms with Crippen molar-refractivity contribution >= 4 is 34.1 Å². The molecule has 3 atom stereocenters. The number of carbonyl (C=O) groups excluding carboxylic acids is 3. The number of benzene rings is 2. The van der Waals surface area contributed by atoms with Gasteiger partial charge in [0.25, 0.3) is 5.91 Å². The molecule has 2 aromatic rings. The zero-order valence-electron chi connectivity index (χ0n) is 16.0. The predicted octanol–water partition coefficient (Wildman–Crippen LogP) is 2.83. The quantitative estimate of drug-likeness (QED) is 0.436. The smallest absolute Gasteiger partial charge is 0.307 e. The first-order valence-corrected chi connectivity index (χ1v) is 9.43. The molecular weight excluding hydrogens is 376 g/mol. The number of nitrogens with zero attached hydrogens (tertiary/aromatic N) is 1. The Morgan fingerprint density at radius 3 is 2.69 bits per heavy atom. The molecule has 2 aromatic carbocycles. The Morgan fingerprint density at radius 2 is 1.93 bits per heavy atom. The van der Waals surface area contributed by atoms with Gasteiger partial charge in [0.2, 0.25) is 6.54 Å². The number of nitrogens with one attached hydrogen (secondary N) is 1. The predicted molar refractivity (Wildman–Crippen MR) is 106 cm³/mol. The molecule has 152 valence electrons. The number of nitro groups is 1. The summed E-state index contributed by atoms with van der Waals surface area (Å²) in [6.45, 7) is 0.930. The summed E-state index contributed by atoms with van der Waals surface area (Å²) < 4.78 is 5.01. The number of Topliss-reactive ketones (excluding diaryl/α,β-unsaturated/α-hetero) is 1. The van der Waals surface area contributed by atoms with Crippen molar-refractivity contribution in [2.45, 2.75) is 19.8 Å². The van der Waals surface area contributed by atoms with Crippen molar-refractivity contribution in [3.05, 3.63) is 52.6 Å². The van der Waals surface area contributed by atoms with Gasteiger partial charge in [-0.2, -0.15) is 0 Å². The van der Waals surface area contributed by atoms with E-state index in [1.165, 1.54) is 0 Å². The van der Waals surface area contributed by atoms with Crippen LogP contribution in [0.25, 0.3) is 10.8 Å². The zero-order chi connectivity index (χ0) is 21.0. The highest BCUT2D eigenvalue weighted by molar-refractivity contribution is 6.02. The van der Waals surface area contributed by atoms with Crippen LogP contribution >= 0.6 is 0 Å². The number of fused-ring (bicyclic) bond motifs is 1. The number of carbonyl (C=O) groups is 3. The van der Waals surface area contributed by atoms with Gasteiger partial charge in [0.1, 0.15) is 5.78 Å². The van der Waals surface area contributed by atoms with Crippen LogP contribution in [0.15, 0.2) is 42.5 Å². The highest BCUT2D eigenvalue weighted by Gasteiger charge is 2.44. The third-order valence-electron chi connectivity index (χ3n) is 5.36. The van der Waals surface area contributed by atoms with E-state index < -0.39 is 35.2 Å². The molecule has 0 aliphatic heterocycles. The molecule has 8 heteroatoms. The molecule has 8 nitrogen and oxygen atoms in total. The normalized spacial score (nSPS) is 21.1. The fourth-order valence-electron chi connectivity index (χ4n) is 3.91. The summed E-state index contributed by atoms with van der Waals surface area (Å²) in [7, 11) is 0. The van der Waals surface area contributed by atoms with Gasteiger partial charge in [-0.3, -0.25) is 24.5 Å². The standard InChI is InChI=1S/C21H22N2O6/c1-13-9-19(24)16(17(13)11-23(27)28)10-21(26)29-12-20(25)22-18-8-4-6-14-5-2-3-7-15(14)18/h2-8,13,16-17H,9-12H2,1H3,(H,22,25)/t13-,16-,17-/m1/s1. The summed E-state index contributed by atoms with van der Waals surface area (Å²) in [5.41, 5.74) is 0.606. The molecule has 0 unspecified atom stereocenters. The van der Waals surface area contributed by atoms with Crippen molar-refractivity contribution in [1.29, 1.82) is 0 Å². The summed E-state index contributed by atoms with van der Waals surface area (Å²) >= 11 is 0. The van der Waals surface area contributed by atoms with E-state index in [1.807, 2.05) is 36.4 Å². The third-order valence-corrected chi connectivity index (χ3v) is 5.36. The lowest BCUT2D eigenvalue weighted by Gasteiger charge is -2.17. The second-order valence-electron chi connectivity index (χ2n) is 7.37. The summed E-state index contributed by atoms with van der Waals surface area (Å²) in [4.78, 5) is 46.8. The molecule has 0 radical (unpaired) electrons. The minimum absolute atomic E-state index is 0.152. The maximum Gasteiger partial charge on any atom is 0.307 e. The minimum Gasteiger partial charge on any atom is -0.456 e. The molecule has 1 N–H and O–H groups in total. The van der Waals surface area contributed by atoms with Crippen molar-refractivity contribution in [3.8, 4) is 0 Å². The summed E-state index contributed by atoms with van der Waals surface area (Å²) in [6, 6.07) is 13.0. The number of anilines is 1. The topological polar surface area (TPSA) is 116 Å². The molecule has 1 fully saturated rings. The summed E-state index contributed by atoms with van der Waals surface area (Å²) in [5, 5.41) is 15.4. The zero-order valence-corrected chi connectivity index (χ0v) is 16.0. The SMILES string of the molecule is C[C@@H]1CC(=O)[C@H](CC(=O)OCC(=O)Nc2cccc3ccccc23)[C@@H]1C[N+](=O)[O-]. The van der Waals surface area contributed by atoms with Crippen molar-refractivity contribution in [3.63, 3.8) is 0 Å². The van der Waals surface area contributed by atoms with E-state index in [1.54, 1.807) is 13.0 Å². The Hall–Kier alpha value is -3.29. The molecule has 1 aliphatic rings. The largest absolute Gasteiger partial charge is 0.456 e. The van der Waals surface area contributed by atoms with Gasteiger partial charge in [-0.15, -0.1) is 0 Å². The highest BCUT2D eigenvalue weighted by atomic mass is 16.6. The number of rotatable bonds is 7. The maximum atomic E-state index is 12.2. The van der Waals surface area contributed by atoms with Gasteiger partial charge < -0.3 is 10.1 Å². The van der Waals surface area contributed by atoms with Crippen LogP contribution in [0, 0.1) is 27.9 Å². The summed E-state index contributed by atoms with van der Waals surface area (Å²) in [6.07, 6.45) is -0.0265. The van der Waals surface area contributed by atoms with Crippen molar-refractivity contribution in [1.82, 2.24) is 0 Å². The highest BCUT2D eigenvalue weighted by Crippen LogP contribution is 2.36. The van der Waals surface area contributed by atoms with Gasteiger partial charge in [0.05, 0.1) is 6.42 Å². The van der Waals surface area contributed by atoms with E-state index in [-0.39, 0.29) is 31.1 Å². The lowest BCUT2D eigenvalue weighted by molar-refractivity contribution is -0.490. The van der Waals surface area contributed by atoms with Crippen LogP contribution in [0.4, 0.5) is 5.69 Å². The molecule has 3 rings (SSSR count). The Balaban J connectivity index is 1.55. The number of amides is 1. The van der Waals surface area contributed by atoms with Crippen LogP contribution in [0.1, 0.15) is 19.8 Å². The Bertz CT molecular complexity index is 952. The summed E-state index contributed by atoms with van der Waals surface area (Å²) in [5.74, 6) is -2.75. The molecule has 1 amide bonds. The molecule has 1 saturated carbocycles. The average Bonchev–Trinajstić information content (AvgIpc) is 2.93. The molecule has 0 aromatic heterocycles. The van der Waals surface area contributed by atoms with E-state index in [4.69, 9.17) is 4.74 Å². The van der Waals surface area contributed by atoms with Crippen molar-refractivity contribution in [2.24, 2.45) is 17.8 Å². The first kappa shape index (κ1) is 20.4. The van der Waals surface area contributed by atoms with E-state index >= 15 is 0 Å². The van der Waals surface area contributed by atoms with Gasteiger partial charge in [-0.1, -0.05) is 43.3 Å². The number of hydrogen-bond acceptors (Lipinski definition) is 6. The van der Waals surface area contributed by atoms with Crippen molar-refractivity contribution in [2.75, 3.05) is 18.5 Å². The van der Waals surface area contributed by atoms with Gasteiger partial charge in [-0.05, 0) is 17.4 Å². The van der Waals surface area contributed by atoms with Crippen LogP contribution in [-0.2, 0) is 19.1 Å². The lowest BCUT2D eigenvalue weighted by Crippen LogP contribution is -2.28. The fourth-order valence-corrected chi connectivity index (χ4v) is 3.91. The molecule has 0 spiro atoms. The van der Waals surface area contributed by atoms with Crippen LogP contribution in [0.3, 0.4) is 0 Å². The minimum atomic E-state index is -0.732. The second-order valence-corrected chi connectivity index (χ2v) is 7.37. The molecule has 0 heterocycles. The molecule has 0 bridgehead atoms. The number of ether oxygens (including phenoxy) is 1. The monoisotopic (exact) mass is 398 g/mol. The van der Waals surface area contributed by atoms with Gasteiger partial charge in [-0.25, -0.2) is 0 Å². The van der Waals surface area contributed by atoms with Gasteiger partial charge in [0, 0.05) is 34.3 Å². The Morgan fingerprint density at radius 1 is 1.21 bits per heavy atom. The van der Waals surface area contributed by atoms with E-state index in [0.29, 0.717) is 5.69 Å². The number of esters is 1. The molecule has 29 heavy (non-hydrogen) atoms. The fraction of sp³-hybridized carbons (Fsp3) is 0.381. The number of hydrogen-bond donors (Lipinski definition) is 1. The Labute approximate surface area is 167 Å². The number of ketones is 1. The first-order valence-electron chi connectivity index (χ1n) is 9.43. The van der Waals surface area contributed by atoms with Gasteiger partial charge >= 0.3 is 5.97 Å². The van der Waals surface area contributed by atoms with Crippen LogP contribution in [0.5, 0.6) is 0 Å².